The summed E-state index contributed by atoms with van der Waals surface area (Å²) in [4.78, 5) is 40.5. The van der Waals surface area contributed by atoms with E-state index in [2.05, 4.69) is 15.1 Å². The quantitative estimate of drug-likeness (QED) is 0.808. The van der Waals surface area contributed by atoms with Gasteiger partial charge in [-0.25, -0.2) is 10.0 Å². The van der Waals surface area contributed by atoms with Crippen molar-refractivity contribution in [3.63, 3.8) is 0 Å². The zero-order valence-electron chi connectivity index (χ0n) is 14.3. The van der Waals surface area contributed by atoms with Gasteiger partial charge < -0.3 is 4.90 Å². The van der Waals surface area contributed by atoms with Gasteiger partial charge in [0.15, 0.2) is 0 Å². The fraction of sp³-hybridized carbons (Fsp3) is 0.471. The van der Waals surface area contributed by atoms with Gasteiger partial charge in [0.25, 0.3) is 5.91 Å². The number of hydrogen-bond acceptors (Lipinski definition) is 6. The van der Waals surface area contributed by atoms with Gasteiger partial charge in [-0.3, -0.25) is 24.1 Å². The Balaban J connectivity index is 1.51. The minimum atomic E-state index is -0.229. The van der Waals surface area contributed by atoms with E-state index < -0.39 is 0 Å². The van der Waals surface area contributed by atoms with Crippen LogP contribution < -0.4 is 0 Å². The second-order valence-electron chi connectivity index (χ2n) is 6.44. The summed E-state index contributed by atoms with van der Waals surface area (Å²) >= 11 is 0. The average molecular weight is 356 g/mol. The van der Waals surface area contributed by atoms with Crippen LogP contribution in [0.1, 0.15) is 41.5 Å². The van der Waals surface area contributed by atoms with Crippen molar-refractivity contribution in [3.8, 4) is 0 Å². The summed E-state index contributed by atoms with van der Waals surface area (Å²) < 4.78 is 1.84. The van der Waals surface area contributed by atoms with Gasteiger partial charge in [0.1, 0.15) is 5.69 Å². The number of rotatable bonds is 3. The summed E-state index contributed by atoms with van der Waals surface area (Å²) in [5.74, 6) is -0.276. The van der Waals surface area contributed by atoms with Gasteiger partial charge in [-0.15, -0.1) is 0 Å². The second-order valence-corrected chi connectivity index (χ2v) is 6.44. The van der Waals surface area contributed by atoms with Gasteiger partial charge in [-0.05, 0) is 18.9 Å². The molecule has 4 heterocycles. The third-order valence-corrected chi connectivity index (χ3v) is 4.64. The first-order valence-electron chi connectivity index (χ1n) is 8.73. The van der Waals surface area contributed by atoms with Crippen molar-refractivity contribution < 1.29 is 14.4 Å². The number of hydrogen-bond donors (Lipinski definition) is 0. The first kappa shape index (κ1) is 16.6. The summed E-state index contributed by atoms with van der Waals surface area (Å²) in [6, 6.07) is 1.64. The smallest absolute Gasteiger partial charge is 0.274 e. The van der Waals surface area contributed by atoms with Gasteiger partial charge in [0.05, 0.1) is 37.5 Å². The monoisotopic (exact) mass is 356 g/mol. The van der Waals surface area contributed by atoms with E-state index in [1.54, 1.807) is 11.1 Å². The Labute approximate surface area is 150 Å². The van der Waals surface area contributed by atoms with E-state index in [-0.39, 0.29) is 24.3 Å². The van der Waals surface area contributed by atoms with Gasteiger partial charge in [0.2, 0.25) is 5.91 Å². The molecule has 0 bridgehead atoms. The van der Waals surface area contributed by atoms with Crippen LogP contribution in [0.15, 0.2) is 30.9 Å². The summed E-state index contributed by atoms with van der Waals surface area (Å²) in [6.45, 7) is 2.00. The van der Waals surface area contributed by atoms with E-state index in [4.69, 9.17) is 4.84 Å². The molecule has 0 saturated carbocycles. The van der Waals surface area contributed by atoms with Crippen LogP contribution in [-0.4, -0.2) is 61.2 Å². The molecule has 2 aliphatic rings. The number of carbonyl (C=O) groups is 2. The third kappa shape index (κ3) is 3.30. The molecule has 9 heteroatoms. The molecule has 4 rings (SSSR count). The molecule has 0 spiro atoms. The first-order valence-corrected chi connectivity index (χ1v) is 8.73. The number of amides is 2. The Morgan fingerprint density at radius 2 is 2.15 bits per heavy atom. The summed E-state index contributed by atoms with van der Waals surface area (Å²) in [6.07, 6.45) is 8.32. The molecule has 0 aliphatic carbocycles. The highest BCUT2D eigenvalue weighted by Crippen LogP contribution is 2.25. The Morgan fingerprint density at radius 3 is 2.92 bits per heavy atom. The summed E-state index contributed by atoms with van der Waals surface area (Å²) in [7, 11) is 0. The molecule has 0 unspecified atom stereocenters. The standard InChI is InChI=1S/C17H20N6O3/c24-16(22-7-1-2-8-26-22)9-14-12-21(11-13-3-4-20-23(13)14)17(25)15-10-18-5-6-19-15/h3-6,10,14H,1-2,7-9,11-12H2/t14-/m1/s1. The lowest BCUT2D eigenvalue weighted by Gasteiger charge is -2.34. The van der Waals surface area contributed by atoms with Gasteiger partial charge >= 0.3 is 0 Å². The Kier molecular flexibility index (Phi) is 4.61. The van der Waals surface area contributed by atoms with Crippen LogP contribution in [0.4, 0.5) is 0 Å². The fourth-order valence-electron chi connectivity index (χ4n) is 3.36. The van der Waals surface area contributed by atoms with Crippen LogP contribution in [0.3, 0.4) is 0 Å². The third-order valence-electron chi connectivity index (χ3n) is 4.64. The van der Waals surface area contributed by atoms with Gasteiger partial charge in [-0.1, -0.05) is 0 Å². The maximum absolute atomic E-state index is 12.7. The van der Waals surface area contributed by atoms with Crippen LogP contribution in [0.2, 0.25) is 0 Å². The zero-order valence-corrected chi connectivity index (χ0v) is 14.3. The Bertz CT molecular complexity index is 787. The minimum Gasteiger partial charge on any atom is -0.329 e. The average Bonchev–Trinajstić information content (AvgIpc) is 3.17. The van der Waals surface area contributed by atoms with Gasteiger partial charge in [0, 0.05) is 31.7 Å². The van der Waals surface area contributed by atoms with Crippen LogP contribution >= 0.6 is 0 Å². The molecule has 0 N–H and O–H groups in total. The highest BCUT2D eigenvalue weighted by Gasteiger charge is 2.32. The molecule has 1 atom stereocenters. The molecule has 2 aromatic heterocycles. The minimum absolute atomic E-state index is 0.0787. The molecular formula is C17H20N6O3. The lowest BCUT2D eigenvalue weighted by atomic mass is 10.1. The molecule has 2 aliphatic heterocycles. The summed E-state index contributed by atoms with van der Waals surface area (Å²) in [5, 5.41) is 5.78. The van der Waals surface area contributed by atoms with Crippen molar-refractivity contribution in [2.24, 2.45) is 0 Å². The van der Waals surface area contributed by atoms with Crippen molar-refractivity contribution in [2.45, 2.75) is 31.8 Å². The molecule has 2 amide bonds. The topological polar surface area (TPSA) is 93.5 Å². The van der Waals surface area contributed by atoms with E-state index in [0.717, 1.165) is 18.5 Å². The molecule has 9 nitrogen and oxygen atoms in total. The number of carbonyl (C=O) groups excluding carboxylic acids is 2. The van der Waals surface area contributed by atoms with E-state index in [1.807, 2.05) is 10.7 Å². The van der Waals surface area contributed by atoms with E-state index in [9.17, 15) is 9.59 Å². The lowest BCUT2D eigenvalue weighted by molar-refractivity contribution is -0.198. The fourth-order valence-corrected chi connectivity index (χ4v) is 3.36. The number of fused-ring (bicyclic) bond motifs is 1. The highest BCUT2D eigenvalue weighted by molar-refractivity contribution is 5.92. The predicted molar refractivity (Wildman–Crippen MR) is 89.6 cm³/mol. The number of nitrogens with zero attached hydrogens (tertiary/aromatic N) is 6. The Hall–Kier alpha value is -2.81. The lowest BCUT2D eigenvalue weighted by Crippen LogP contribution is -2.44. The SMILES string of the molecule is O=C(c1cnccn1)N1Cc2ccnn2[C@H](CC(=O)N2CCCCO2)C1. The molecule has 1 fully saturated rings. The summed E-state index contributed by atoms with van der Waals surface area (Å²) in [5.41, 5.74) is 1.19. The van der Waals surface area contributed by atoms with Crippen LogP contribution in [0, 0.1) is 0 Å². The maximum Gasteiger partial charge on any atom is 0.274 e. The van der Waals surface area contributed by atoms with Crippen molar-refractivity contribution in [1.82, 2.24) is 29.7 Å². The van der Waals surface area contributed by atoms with Crippen LogP contribution in [0.5, 0.6) is 0 Å². The highest BCUT2D eigenvalue weighted by atomic mass is 16.7. The predicted octanol–water partition coefficient (Wildman–Crippen LogP) is 0.814. The first-order chi connectivity index (χ1) is 12.7. The van der Waals surface area contributed by atoms with E-state index in [0.29, 0.717) is 31.9 Å². The molecule has 0 radical (unpaired) electrons. The van der Waals surface area contributed by atoms with E-state index in [1.165, 1.54) is 23.7 Å². The second kappa shape index (κ2) is 7.20. The molecule has 2 aromatic rings. The van der Waals surface area contributed by atoms with E-state index >= 15 is 0 Å². The molecule has 0 aromatic carbocycles. The molecule has 136 valence electrons. The van der Waals surface area contributed by atoms with Gasteiger partial charge in [-0.2, -0.15) is 5.10 Å². The maximum atomic E-state index is 12.7. The Morgan fingerprint density at radius 1 is 1.23 bits per heavy atom. The number of hydroxylamine groups is 2. The van der Waals surface area contributed by atoms with Crippen LogP contribution in [-0.2, 0) is 16.2 Å². The normalized spacial score (nSPS) is 19.9. The van der Waals surface area contributed by atoms with Crippen molar-refractivity contribution in [3.05, 3.63) is 42.2 Å². The zero-order chi connectivity index (χ0) is 17.9. The van der Waals surface area contributed by atoms with Crippen molar-refractivity contribution in [1.29, 1.82) is 0 Å². The largest absolute Gasteiger partial charge is 0.329 e. The molecule has 1 saturated heterocycles. The van der Waals surface area contributed by atoms with Crippen molar-refractivity contribution in [2.75, 3.05) is 19.7 Å². The van der Waals surface area contributed by atoms with Crippen LogP contribution in [0.25, 0.3) is 0 Å². The number of aromatic nitrogens is 4. The molecule has 26 heavy (non-hydrogen) atoms. The molecular weight excluding hydrogens is 336 g/mol. The van der Waals surface area contributed by atoms with Crippen molar-refractivity contribution >= 4 is 11.8 Å².